The fourth-order valence-electron chi connectivity index (χ4n) is 1.74. The minimum absolute atomic E-state index is 0.254. The third kappa shape index (κ3) is 3.92. The van der Waals surface area contributed by atoms with Crippen LogP contribution in [0, 0.1) is 0 Å². The van der Waals surface area contributed by atoms with E-state index in [1.165, 1.54) is 0 Å². The van der Waals surface area contributed by atoms with Crippen LogP contribution in [0.1, 0.15) is 34.1 Å². The molecule has 0 aliphatic heterocycles. The van der Waals surface area contributed by atoms with Crippen molar-refractivity contribution in [2.75, 3.05) is 6.61 Å². The summed E-state index contributed by atoms with van der Waals surface area (Å²) in [6.07, 6.45) is 1.58. The zero-order valence-corrected chi connectivity index (χ0v) is 11.7. The molecule has 0 aromatic heterocycles. The molecule has 4 nitrogen and oxygen atoms in total. The quantitative estimate of drug-likeness (QED) is 0.463. The first-order valence-corrected chi connectivity index (χ1v) is 6.74. The highest BCUT2D eigenvalue weighted by Crippen LogP contribution is 2.19. The maximum absolute atomic E-state index is 12.0. The lowest BCUT2D eigenvalue weighted by Crippen LogP contribution is -2.09. The lowest BCUT2D eigenvalue weighted by atomic mass is 10.2. The van der Waals surface area contributed by atoms with Gasteiger partial charge in [0, 0.05) is 0 Å². The molecule has 0 atom stereocenters. The molecule has 2 aromatic rings. The summed E-state index contributed by atoms with van der Waals surface area (Å²) in [5.74, 6) is 0.455. The highest BCUT2D eigenvalue weighted by Gasteiger charge is 2.11. The zero-order chi connectivity index (χ0) is 15.1. The van der Waals surface area contributed by atoms with E-state index in [1.807, 2.05) is 6.92 Å². The molecule has 21 heavy (non-hydrogen) atoms. The van der Waals surface area contributed by atoms with Crippen molar-refractivity contribution in [3.63, 3.8) is 0 Å². The van der Waals surface area contributed by atoms with Gasteiger partial charge < -0.3 is 9.47 Å². The van der Waals surface area contributed by atoms with Crippen molar-refractivity contribution < 1.29 is 19.1 Å². The van der Waals surface area contributed by atoms with Crippen LogP contribution in [0.25, 0.3) is 0 Å². The fraction of sp³-hybridized carbons (Fsp3) is 0.176. The van der Waals surface area contributed by atoms with Gasteiger partial charge in [0.25, 0.3) is 0 Å². The van der Waals surface area contributed by atoms with Crippen LogP contribution in [-0.2, 0) is 0 Å². The average molecular weight is 284 g/mol. The molecule has 0 saturated carbocycles. The summed E-state index contributed by atoms with van der Waals surface area (Å²) >= 11 is 0. The molecule has 0 spiro atoms. The van der Waals surface area contributed by atoms with Gasteiger partial charge in [-0.2, -0.15) is 0 Å². The number of carbonyl (C=O) groups is 2. The van der Waals surface area contributed by atoms with E-state index in [4.69, 9.17) is 9.47 Å². The minimum Gasteiger partial charge on any atom is -0.494 e. The first-order chi connectivity index (χ1) is 10.2. The Balaban J connectivity index is 2.08. The number of carbonyl (C=O) groups excluding carboxylic acids is 2. The molecule has 0 radical (unpaired) electrons. The van der Waals surface area contributed by atoms with Gasteiger partial charge in [0.2, 0.25) is 0 Å². The van der Waals surface area contributed by atoms with E-state index >= 15 is 0 Å². The van der Waals surface area contributed by atoms with Crippen LogP contribution >= 0.6 is 0 Å². The molecule has 4 heteroatoms. The van der Waals surface area contributed by atoms with Crippen LogP contribution in [0.3, 0.4) is 0 Å². The number of benzene rings is 2. The minimum atomic E-state index is -0.508. The molecule has 0 heterocycles. The Morgan fingerprint density at radius 3 is 2.48 bits per heavy atom. The smallest absolute Gasteiger partial charge is 0.343 e. The van der Waals surface area contributed by atoms with E-state index in [-0.39, 0.29) is 5.75 Å². The summed E-state index contributed by atoms with van der Waals surface area (Å²) in [4.78, 5) is 22.9. The molecular formula is C17H16O4. The van der Waals surface area contributed by atoms with Gasteiger partial charge in [0.1, 0.15) is 11.5 Å². The Labute approximate surface area is 123 Å². The first kappa shape index (κ1) is 14.8. The molecule has 2 rings (SSSR count). The molecule has 0 amide bonds. The highest BCUT2D eigenvalue weighted by atomic mass is 16.5. The van der Waals surface area contributed by atoms with E-state index < -0.39 is 5.97 Å². The molecule has 0 unspecified atom stereocenters. The second kappa shape index (κ2) is 7.24. The Bertz CT molecular complexity index is 617. The number of hydrogen-bond acceptors (Lipinski definition) is 4. The van der Waals surface area contributed by atoms with Crippen LogP contribution in [0.15, 0.2) is 48.5 Å². The Kier molecular flexibility index (Phi) is 5.10. The van der Waals surface area contributed by atoms with Crippen LogP contribution in [0.2, 0.25) is 0 Å². The number of aldehydes is 1. The van der Waals surface area contributed by atoms with Crippen LogP contribution < -0.4 is 9.47 Å². The molecule has 0 fully saturated rings. The van der Waals surface area contributed by atoms with Gasteiger partial charge in [-0.05, 0) is 42.8 Å². The molecule has 0 bridgehead atoms. The maximum Gasteiger partial charge on any atom is 0.343 e. The standard InChI is InChI=1S/C17H16O4/c1-2-11-20-15-9-7-13(8-10-15)17(19)21-16-6-4-3-5-14(16)12-18/h3-10,12H,2,11H2,1H3. The Hall–Kier alpha value is -2.62. The van der Waals surface area contributed by atoms with Crippen LogP contribution in [0.4, 0.5) is 0 Å². The summed E-state index contributed by atoms with van der Waals surface area (Å²) in [6.45, 7) is 2.66. The van der Waals surface area contributed by atoms with Gasteiger partial charge in [-0.25, -0.2) is 4.79 Å². The molecule has 0 saturated heterocycles. The molecule has 0 aliphatic rings. The third-order valence-corrected chi connectivity index (χ3v) is 2.81. The van der Waals surface area contributed by atoms with Gasteiger partial charge in [0.05, 0.1) is 17.7 Å². The van der Waals surface area contributed by atoms with Crippen LogP contribution in [-0.4, -0.2) is 18.9 Å². The third-order valence-electron chi connectivity index (χ3n) is 2.81. The van der Waals surface area contributed by atoms with Crippen molar-refractivity contribution in [2.45, 2.75) is 13.3 Å². The van der Waals surface area contributed by atoms with Gasteiger partial charge in [-0.15, -0.1) is 0 Å². The molecule has 0 N–H and O–H groups in total. The zero-order valence-electron chi connectivity index (χ0n) is 11.7. The Morgan fingerprint density at radius 1 is 1.10 bits per heavy atom. The number of rotatable bonds is 6. The van der Waals surface area contributed by atoms with E-state index in [2.05, 4.69) is 0 Å². The highest BCUT2D eigenvalue weighted by molar-refractivity contribution is 5.92. The summed E-state index contributed by atoms with van der Waals surface area (Å²) in [5.41, 5.74) is 0.744. The van der Waals surface area contributed by atoms with Crippen molar-refractivity contribution in [2.24, 2.45) is 0 Å². The topological polar surface area (TPSA) is 52.6 Å². The van der Waals surface area contributed by atoms with Crippen molar-refractivity contribution in [3.05, 3.63) is 59.7 Å². The van der Waals surface area contributed by atoms with E-state index in [0.29, 0.717) is 29.8 Å². The maximum atomic E-state index is 12.0. The second-order valence-electron chi connectivity index (χ2n) is 4.42. The largest absolute Gasteiger partial charge is 0.494 e. The van der Waals surface area contributed by atoms with E-state index in [0.717, 1.165) is 6.42 Å². The number of ether oxygens (including phenoxy) is 2. The van der Waals surface area contributed by atoms with Gasteiger partial charge >= 0.3 is 5.97 Å². The summed E-state index contributed by atoms with van der Waals surface area (Å²) in [6, 6.07) is 13.3. The fourth-order valence-corrected chi connectivity index (χ4v) is 1.74. The van der Waals surface area contributed by atoms with Gasteiger partial charge in [-0.1, -0.05) is 19.1 Å². The predicted molar refractivity (Wildman–Crippen MR) is 79.0 cm³/mol. The summed E-state index contributed by atoms with van der Waals surface area (Å²) in [5, 5.41) is 0. The van der Waals surface area contributed by atoms with Gasteiger partial charge in [-0.3, -0.25) is 4.79 Å². The summed E-state index contributed by atoms with van der Waals surface area (Å²) in [7, 11) is 0. The van der Waals surface area contributed by atoms with Crippen molar-refractivity contribution >= 4 is 12.3 Å². The average Bonchev–Trinajstić information content (AvgIpc) is 2.54. The number of esters is 1. The van der Waals surface area contributed by atoms with Crippen LogP contribution in [0.5, 0.6) is 11.5 Å². The van der Waals surface area contributed by atoms with E-state index in [1.54, 1.807) is 48.5 Å². The molecular weight excluding hydrogens is 268 g/mol. The lowest BCUT2D eigenvalue weighted by Gasteiger charge is -2.07. The van der Waals surface area contributed by atoms with Gasteiger partial charge in [0.15, 0.2) is 6.29 Å². The number of para-hydroxylation sites is 1. The normalized spacial score (nSPS) is 9.95. The SMILES string of the molecule is CCCOc1ccc(C(=O)Oc2ccccc2C=O)cc1. The molecule has 2 aromatic carbocycles. The molecule has 0 aliphatic carbocycles. The monoisotopic (exact) mass is 284 g/mol. The lowest BCUT2D eigenvalue weighted by molar-refractivity contribution is 0.0733. The van der Waals surface area contributed by atoms with Crippen molar-refractivity contribution in [1.29, 1.82) is 0 Å². The van der Waals surface area contributed by atoms with Crippen molar-refractivity contribution in [1.82, 2.24) is 0 Å². The predicted octanol–water partition coefficient (Wildman–Crippen LogP) is 3.51. The van der Waals surface area contributed by atoms with Crippen molar-refractivity contribution in [3.8, 4) is 11.5 Å². The first-order valence-electron chi connectivity index (χ1n) is 6.74. The Morgan fingerprint density at radius 2 is 1.81 bits per heavy atom. The number of hydrogen-bond donors (Lipinski definition) is 0. The second-order valence-corrected chi connectivity index (χ2v) is 4.42. The van der Waals surface area contributed by atoms with E-state index in [9.17, 15) is 9.59 Å². The summed E-state index contributed by atoms with van der Waals surface area (Å²) < 4.78 is 10.7. The molecule has 108 valence electrons.